The van der Waals surface area contributed by atoms with E-state index in [1.54, 1.807) is 0 Å². The van der Waals surface area contributed by atoms with E-state index in [1.807, 2.05) is 12.2 Å². The molecule has 1 aromatic rings. The quantitative estimate of drug-likeness (QED) is 0.767. The molecule has 0 aliphatic heterocycles. The van der Waals surface area contributed by atoms with Crippen LogP contribution in [0.25, 0.3) is 0 Å². The minimum absolute atomic E-state index is 0.149. The van der Waals surface area contributed by atoms with Crippen molar-refractivity contribution in [1.82, 2.24) is 0 Å². The number of rotatable bonds is 3. The number of hydrogen-bond acceptors (Lipinski definition) is 1. The van der Waals surface area contributed by atoms with E-state index in [4.69, 9.17) is 0 Å². The minimum Gasteiger partial charge on any atom is -0.377 e. The number of nitrogens with one attached hydrogen (secondary N) is 1. The van der Waals surface area contributed by atoms with Gasteiger partial charge in [-0.3, -0.25) is 0 Å². The van der Waals surface area contributed by atoms with Crippen molar-refractivity contribution in [2.45, 2.75) is 33.7 Å². The van der Waals surface area contributed by atoms with Gasteiger partial charge in [0.25, 0.3) is 0 Å². The molecule has 1 nitrogen and oxygen atoms in total. The van der Waals surface area contributed by atoms with E-state index in [0.717, 1.165) is 5.69 Å². The van der Waals surface area contributed by atoms with Gasteiger partial charge in [0.15, 0.2) is 0 Å². The third-order valence-corrected chi connectivity index (χ3v) is 3.16. The summed E-state index contributed by atoms with van der Waals surface area (Å²) in [5.41, 5.74) is 7.13. The summed E-state index contributed by atoms with van der Waals surface area (Å²) in [6.45, 7) is 8.86. The van der Waals surface area contributed by atoms with Gasteiger partial charge < -0.3 is 5.32 Å². The molecule has 1 atom stereocenters. The molecule has 18 heavy (non-hydrogen) atoms. The average molecular weight is 239 g/mol. The topological polar surface area (TPSA) is 12.0 Å². The summed E-state index contributed by atoms with van der Waals surface area (Å²) < 4.78 is 0. The van der Waals surface area contributed by atoms with Gasteiger partial charge >= 0.3 is 0 Å². The van der Waals surface area contributed by atoms with Crippen LogP contribution >= 0.6 is 0 Å². The highest BCUT2D eigenvalue weighted by Gasteiger charge is 2.27. The largest absolute Gasteiger partial charge is 0.377 e. The number of hydrogen-bond donors (Lipinski definition) is 1. The maximum absolute atomic E-state index is 3.62. The van der Waals surface area contributed by atoms with Crippen LogP contribution in [-0.2, 0) is 0 Å². The highest BCUT2D eigenvalue weighted by atomic mass is 14.9. The summed E-state index contributed by atoms with van der Waals surface area (Å²) in [6, 6.07) is 8.82. The van der Waals surface area contributed by atoms with E-state index in [0.29, 0.717) is 0 Å². The first kappa shape index (κ1) is 12.7. The Balaban J connectivity index is 2.23. The Morgan fingerprint density at radius 2 is 1.78 bits per heavy atom. The smallest absolute Gasteiger partial charge is 0.0634 e. The van der Waals surface area contributed by atoms with Crippen LogP contribution in [0.5, 0.6) is 0 Å². The Labute approximate surface area is 110 Å². The third-order valence-electron chi connectivity index (χ3n) is 3.16. The number of anilines is 1. The Morgan fingerprint density at radius 3 is 2.28 bits per heavy atom. The van der Waals surface area contributed by atoms with Gasteiger partial charge in [-0.2, -0.15) is 0 Å². The zero-order chi connectivity index (χ0) is 13.2. The van der Waals surface area contributed by atoms with E-state index in [9.17, 15) is 0 Å². The fourth-order valence-corrected chi connectivity index (χ4v) is 2.10. The van der Waals surface area contributed by atoms with E-state index in [1.165, 1.54) is 11.1 Å². The van der Waals surface area contributed by atoms with Crippen molar-refractivity contribution >= 4 is 5.69 Å². The Hall–Kier alpha value is -1.72. The van der Waals surface area contributed by atoms with Crippen LogP contribution in [0.15, 0.2) is 53.8 Å². The maximum Gasteiger partial charge on any atom is 0.0634 e. The molecule has 2 rings (SSSR count). The molecule has 0 spiro atoms. The van der Waals surface area contributed by atoms with Crippen molar-refractivity contribution < 1.29 is 0 Å². The maximum atomic E-state index is 3.62. The van der Waals surface area contributed by atoms with Gasteiger partial charge in [-0.05, 0) is 36.6 Å². The van der Waals surface area contributed by atoms with Crippen molar-refractivity contribution in [3.8, 4) is 0 Å². The zero-order valence-corrected chi connectivity index (χ0v) is 11.6. The van der Waals surface area contributed by atoms with E-state index in [-0.39, 0.29) is 11.5 Å². The first-order valence-corrected chi connectivity index (χ1v) is 6.43. The van der Waals surface area contributed by atoms with Gasteiger partial charge in [-0.15, -0.1) is 5.73 Å². The van der Waals surface area contributed by atoms with Crippen molar-refractivity contribution in [1.29, 1.82) is 0 Å². The SMILES string of the molecule is Cc1ccc(NC(C2=C=CC=C2)C(C)(C)C)cc1. The average Bonchev–Trinajstić information content (AvgIpc) is 2.80. The molecule has 0 radical (unpaired) electrons. The molecule has 0 fully saturated rings. The molecule has 0 bridgehead atoms. The van der Waals surface area contributed by atoms with Crippen molar-refractivity contribution in [2.75, 3.05) is 5.32 Å². The molecule has 1 aliphatic carbocycles. The van der Waals surface area contributed by atoms with Gasteiger partial charge in [0.05, 0.1) is 6.04 Å². The van der Waals surface area contributed by atoms with Gasteiger partial charge in [0.2, 0.25) is 0 Å². The predicted molar refractivity (Wildman–Crippen MR) is 78.8 cm³/mol. The van der Waals surface area contributed by atoms with Crippen molar-refractivity contribution in [2.24, 2.45) is 5.41 Å². The molecular weight excluding hydrogens is 218 g/mol. The normalized spacial score (nSPS) is 15.7. The number of allylic oxidation sites excluding steroid dienone is 1. The summed E-state index contributed by atoms with van der Waals surface area (Å²) in [5, 5.41) is 3.62. The summed E-state index contributed by atoms with van der Waals surface area (Å²) >= 11 is 0. The van der Waals surface area contributed by atoms with E-state index >= 15 is 0 Å². The van der Waals surface area contributed by atoms with Gasteiger partial charge in [-0.1, -0.05) is 44.5 Å². The second-order valence-electron chi connectivity index (χ2n) is 5.93. The Kier molecular flexibility index (Phi) is 3.45. The van der Waals surface area contributed by atoms with Crippen molar-refractivity contribution in [3.63, 3.8) is 0 Å². The van der Waals surface area contributed by atoms with Crippen LogP contribution in [-0.4, -0.2) is 6.04 Å². The summed E-state index contributed by atoms with van der Waals surface area (Å²) in [4.78, 5) is 0. The van der Waals surface area contributed by atoms with Crippen LogP contribution in [0.3, 0.4) is 0 Å². The van der Waals surface area contributed by atoms with Crippen LogP contribution in [0.1, 0.15) is 26.3 Å². The predicted octanol–water partition coefficient (Wildman–Crippen LogP) is 4.47. The molecule has 1 heteroatoms. The first-order valence-electron chi connectivity index (χ1n) is 6.43. The second-order valence-corrected chi connectivity index (χ2v) is 5.93. The van der Waals surface area contributed by atoms with Crippen molar-refractivity contribution in [3.05, 3.63) is 59.4 Å². The van der Waals surface area contributed by atoms with E-state index < -0.39 is 0 Å². The molecular formula is C17H21N. The lowest BCUT2D eigenvalue weighted by molar-refractivity contribution is 0.377. The molecule has 1 N–H and O–H groups in total. The van der Waals surface area contributed by atoms with E-state index in [2.05, 4.69) is 69.1 Å². The first-order chi connectivity index (χ1) is 8.47. The third kappa shape index (κ3) is 2.94. The van der Waals surface area contributed by atoms with Gasteiger partial charge in [0, 0.05) is 11.3 Å². The minimum atomic E-state index is 0.149. The summed E-state index contributed by atoms with van der Waals surface area (Å²) in [5.74, 6) is 0. The molecule has 94 valence electrons. The molecule has 0 saturated heterocycles. The molecule has 1 aromatic carbocycles. The van der Waals surface area contributed by atoms with Crippen LogP contribution in [0.4, 0.5) is 5.69 Å². The Bertz CT molecular complexity index is 506. The summed E-state index contributed by atoms with van der Waals surface area (Å²) in [6.07, 6.45) is 6.16. The van der Waals surface area contributed by atoms with Crippen LogP contribution in [0, 0.1) is 12.3 Å². The fourth-order valence-electron chi connectivity index (χ4n) is 2.10. The lowest BCUT2D eigenvalue weighted by Gasteiger charge is -2.32. The van der Waals surface area contributed by atoms with Gasteiger partial charge in [-0.25, -0.2) is 0 Å². The molecule has 1 unspecified atom stereocenters. The van der Waals surface area contributed by atoms with Crippen LogP contribution < -0.4 is 5.32 Å². The molecule has 0 aromatic heterocycles. The number of benzene rings is 1. The molecule has 1 aliphatic rings. The van der Waals surface area contributed by atoms with Gasteiger partial charge in [0.1, 0.15) is 0 Å². The lowest BCUT2D eigenvalue weighted by atomic mass is 9.82. The van der Waals surface area contributed by atoms with Crippen LogP contribution in [0.2, 0.25) is 0 Å². The molecule has 0 amide bonds. The zero-order valence-electron chi connectivity index (χ0n) is 11.6. The molecule has 0 heterocycles. The lowest BCUT2D eigenvalue weighted by Crippen LogP contribution is -2.35. The number of aryl methyl sites for hydroxylation is 1. The fraction of sp³-hybridized carbons (Fsp3) is 0.353. The highest BCUT2D eigenvalue weighted by molar-refractivity contribution is 5.50. The standard InChI is InChI=1S/C17H21N/c1-13-9-11-15(12-10-13)18-16(17(2,3)4)14-7-5-6-8-14/h5-7,9-12,16,18H,1-4H3. The second kappa shape index (κ2) is 4.88. The monoisotopic (exact) mass is 239 g/mol. The Morgan fingerprint density at radius 1 is 1.11 bits per heavy atom. The summed E-state index contributed by atoms with van der Waals surface area (Å²) in [7, 11) is 0. The highest BCUT2D eigenvalue weighted by Crippen LogP contribution is 2.29. The molecule has 0 saturated carbocycles.